The molecule has 2 aromatic carbocycles. The molecule has 1 heterocycles. The molecule has 1 fully saturated rings. The van der Waals surface area contributed by atoms with E-state index in [1.165, 1.54) is 24.8 Å². The third kappa shape index (κ3) is 4.27. The molecule has 0 spiro atoms. The Morgan fingerprint density at radius 1 is 1.16 bits per heavy atom. The van der Waals surface area contributed by atoms with E-state index in [-0.39, 0.29) is 11.7 Å². The summed E-state index contributed by atoms with van der Waals surface area (Å²) in [5, 5.41) is 0. The highest BCUT2D eigenvalue weighted by atomic mass is 19.1. The molecule has 25 heavy (non-hydrogen) atoms. The van der Waals surface area contributed by atoms with Crippen molar-refractivity contribution in [3.63, 3.8) is 0 Å². The average Bonchev–Trinajstić information content (AvgIpc) is 2.67. The molecule has 2 aromatic rings. The van der Waals surface area contributed by atoms with Gasteiger partial charge in [-0.15, -0.1) is 0 Å². The highest BCUT2D eigenvalue weighted by Crippen LogP contribution is 2.28. The van der Waals surface area contributed by atoms with E-state index in [9.17, 15) is 9.18 Å². The van der Waals surface area contributed by atoms with E-state index in [1.54, 1.807) is 18.2 Å². The van der Waals surface area contributed by atoms with Gasteiger partial charge in [-0.25, -0.2) is 4.39 Å². The van der Waals surface area contributed by atoms with Crippen LogP contribution in [0.25, 0.3) is 6.08 Å². The largest absolute Gasteiger partial charge is 0.494 e. The van der Waals surface area contributed by atoms with Crippen molar-refractivity contribution in [3.8, 4) is 5.75 Å². The minimum Gasteiger partial charge on any atom is -0.494 e. The topological polar surface area (TPSA) is 29.5 Å². The second kappa shape index (κ2) is 7.97. The first-order valence-electron chi connectivity index (χ1n) is 8.53. The number of nitrogens with zero attached hydrogens (tertiary/aromatic N) is 1. The van der Waals surface area contributed by atoms with Crippen molar-refractivity contribution >= 4 is 12.0 Å². The van der Waals surface area contributed by atoms with Crippen LogP contribution in [0.1, 0.15) is 29.9 Å². The van der Waals surface area contributed by atoms with Crippen molar-refractivity contribution in [2.24, 2.45) is 0 Å². The van der Waals surface area contributed by atoms with Crippen LogP contribution in [0, 0.1) is 5.82 Å². The summed E-state index contributed by atoms with van der Waals surface area (Å²) in [7, 11) is 1.43. The molecule has 1 aliphatic rings. The summed E-state index contributed by atoms with van der Waals surface area (Å²) in [4.78, 5) is 14.2. The molecule has 3 rings (SSSR count). The minimum absolute atomic E-state index is 0.0252. The van der Waals surface area contributed by atoms with E-state index in [0.29, 0.717) is 11.5 Å². The maximum Gasteiger partial charge on any atom is 0.246 e. The fourth-order valence-electron chi connectivity index (χ4n) is 3.22. The predicted octanol–water partition coefficient (Wildman–Crippen LogP) is 4.25. The molecular formula is C21H22FNO2. The number of carbonyl (C=O) groups excluding carboxylic acids is 1. The standard InChI is InChI=1S/C21H22FNO2/c1-25-20-9-7-16(15-19(20)22)8-10-21(24)23-13-11-18(12-14-23)17-5-3-2-4-6-17/h2-10,15,18H,11-14H2,1H3/b10-8+. The van der Waals surface area contributed by atoms with E-state index in [4.69, 9.17) is 4.74 Å². The molecule has 1 amide bonds. The van der Waals surface area contributed by atoms with Gasteiger partial charge in [0.1, 0.15) is 0 Å². The average molecular weight is 339 g/mol. The molecule has 1 aliphatic heterocycles. The van der Waals surface area contributed by atoms with Gasteiger partial charge in [0.2, 0.25) is 5.91 Å². The maximum atomic E-state index is 13.7. The molecular weight excluding hydrogens is 317 g/mol. The fourth-order valence-corrected chi connectivity index (χ4v) is 3.22. The van der Waals surface area contributed by atoms with Gasteiger partial charge in [-0.05, 0) is 48.1 Å². The lowest BCUT2D eigenvalue weighted by atomic mass is 9.89. The quantitative estimate of drug-likeness (QED) is 0.779. The smallest absolute Gasteiger partial charge is 0.246 e. The number of hydrogen-bond donors (Lipinski definition) is 0. The molecule has 0 saturated carbocycles. The zero-order valence-electron chi connectivity index (χ0n) is 14.3. The van der Waals surface area contributed by atoms with Gasteiger partial charge in [0.25, 0.3) is 0 Å². The summed E-state index contributed by atoms with van der Waals surface area (Å²) < 4.78 is 18.6. The van der Waals surface area contributed by atoms with Gasteiger partial charge in [-0.1, -0.05) is 36.4 Å². The summed E-state index contributed by atoms with van der Waals surface area (Å²) in [6, 6.07) is 15.1. The van der Waals surface area contributed by atoms with Gasteiger partial charge < -0.3 is 9.64 Å². The Morgan fingerprint density at radius 2 is 1.88 bits per heavy atom. The Bertz CT molecular complexity index is 750. The summed E-state index contributed by atoms with van der Waals surface area (Å²) in [6.07, 6.45) is 5.11. The number of benzene rings is 2. The van der Waals surface area contributed by atoms with Crippen LogP contribution in [0.3, 0.4) is 0 Å². The number of hydrogen-bond acceptors (Lipinski definition) is 2. The molecule has 0 atom stereocenters. The van der Waals surface area contributed by atoms with Gasteiger partial charge in [0.05, 0.1) is 7.11 Å². The van der Waals surface area contributed by atoms with E-state index >= 15 is 0 Å². The van der Waals surface area contributed by atoms with Crippen molar-refractivity contribution in [3.05, 3.63) is 71.6 Å². The molecule has 0 N–H and O–H groups in total. The Balaban J connectivity index is 1.57. The molecule has 0 aromatic heterocycles. The van der Waals surface area contributed by atoms with E-state index < -0.39 is 5.82 Å². The molecule has 0 aliphatic carbocycles. The highest BCUT2D eigenvalue weighted by Gasteiger charge is 2.22. The van der Waals surface area contributed by atoms with Crippen molar-refractivity contribution in [2.75, 3.05) is 20.2 Å². The minimum atomic E-state index is -0.430. The number of carbonyl (C=O) groups is 1. The number of halogens is 1. The van der Waals surface area contributed by atoms with E-state index in [2.05, 4.69) is 24.3 Å². The van der Waals surface area contributed by atoms with E-state index in [1.807, 2.05) is 11.0 Å². The van der Waals surface area contributed by atoms with E-state index in [0.717, 1.165) is 25.9 Å². The molecule has 0 unspecified atom stereocenters. The van der Waals surface area contributed by atoms with Crippen LogP contribution in [-0.4, -0.2) is 31.0 Å². The zero-order chi connectivity index (χ0) is 17.6. The van der Waals surface area contributed by atoms with Crippen LogP contribution < -0.4 is 4.74 Å². The molecule has 130 valence electrons. The number of amides is 1. The lowest BCUT2D eigenvalue weighted by Crippen LogP contribution is -2.36. The van der Waals surface area contributed by atoms with Gasteiger partial charge in [0.15, 0.2) is 11.6 Å². The SMILES string of the molecule is COc1ccc(/C=C/C(=O)N2CCC(c3ccccc3)CC2)cc1F. The molecule has 0 bridgehead atoms. The summed E-state index contributed by atoms with van der Waals surface area (Å²) >= 11 is 0. The lowest BCUT2D eigenvalue weighted by Gasteiger charge is -2.31. The second-order valence-electron chi connectivity index (χ2n) is 6.24. The molecule has 0 radical (unpaired) electrons. The normalized spacial score (nSPS) is 15.5. The van der Waals surface area contributed by atoms with Crippen molar-refractivity contribution in [2.45, 2.75) is 18.8 Å². The lowest BCUT2D eigenvalue weighted by molar-refractivity contribution is -0.126. The number of piperidine rings is 1. The molecule has 3 nitrogen and oxygen atoms in total. The third-order valence-corrected chi connectivity index (χ3v) is 4.67. The maximum absolute atomic E-state index is 13.7. The predicted molar refractivity (Wildman–Crippen MR) is 97.0 cm³/mol. The van der Waals surface area contributed by atoms with Crippen molar-refractivity contribution in [1.82, 2.24) is 4.90 Å². The molecule has 4 heteroatoms. The fraction of sp³-hybridized carbons (Fsp3) is 0.286. The van der Waals surface area contributed by atoms with Crippen LogP contribution >= 0.6 is 0 Å². The van der Waals surface area contributed by atoms with Gasteiger partial charge >= 0.3 is 0 Å². The number of methoxy groups -OCH3 is 1. The van der Waals surface area contributed by atoms with Crippen LogP contribution in [0.5, 0.6) is 5.75 Å². The monoisotopic (exact) mass is 339 g/mol. The first-order chi connectivity index (χ1) is 12.2. The van der Waals surface area contributed by atoms with Crippen molar-refractivity contribution < 1.29 is 13.9 Å². The summed E-state index contributed by atoms with van der Waals surface area (Å²) in [5.41, 5.74) is 1.99. The summed E-state index contributed by atoms with van der Waals surface area (Å²) in [5.74, 6) is 0.264. The van der Waals surface area contributed by atoms with Gasteiger partial charge in [0, 0.05) is 19.2 Å². The molecule has 1 saturated heterocycles. The first kappa shape index (κ1) is 17.2. The van der Waals surface area contributed by atoms with Gasteiger partial charge in [-0.3, -0.25) is 4.79 Å². The Morgan fingerprint density at radius 3 is 2.52 bits per heavy atom. The Labute approximate surface area is 147 Å². The summed E-state index contributed by atoms with van der Waals surface area (Å²) in [6.45, 7) is 1.50. The van der Waals surface area contributed by atoms with Crippen LogP contribution in [0.4, 0.5) is 4.39 Å². The Hall–Kier alpha value is -2.62. The Kier molecular flexibility index (Phi) is 5.49. The number of rotatable bonds is 4. The highest BCUT2D eigenvalue weighted by molar-refractivity contribution is 5.91. The second-order valence-corrected chi connectivity index (χ2v) is 6.24. The zero-order valence-corrected chi connectivity index (χ0v) is 14.3. The number of likely N-dealkylation sites (tertiary alicyclic amines) is 1. The van der Waals surface area contributed by atoms with Crippen LogP contribution in [0.2, 0.25) is 0 Å². The third-order valence-electron chi connectivity index (χ3n) is 4.67. The first-order valence-corrected chi connectivity index (χ1v) is 8.53. The van der Waals surface area contributed by atoms with Crippen molar-refractivity contribution in [1.29, 1.82) is 0 Å². The number of ether oxygens (including phenoxy) is 1. The van der Waals surface area contributed by atoms with Gasteiger partial charge in [-0.2, -0.15) is 0 Å². The van der Waals surface area contributed by atoms with Crippen LogP contribution in [-0.2, 0) is 4.79 Å². The van der Waals surface area contributed by atoms with Crippen LogP contribution in [0.15, 0.2) is 54.6 Å².